The van der Waals surface area contributed by atoms with E-state index in [4.69, 9.17) is 28.4 Å². The van der Waals surface area contributed by atoms with E-state index in [0.717, 1.165) is 11.8 Å². The number of methoxy groups -OCH3 is 3. The topological polar surface area (TPSA) is 72.5 Å². The summed E-state index contributed by atoms with van der Waals surface area (Å²) in [5, 5.41) is 0. The number of hydrogen-bond donors (Lipinski definition) is 0. The van der Waals surface area contributed by atoms with Gasteiger partial charge >= 0.3 is 0 Å². The normalized spacial score (nSPS) is 14.5. The lowest BCUT2D eigenvalue weighted by Crippen LogP contribution is -2.23. The van der Waals surface area contributed by atoms with Gasteiger partial charge in [0.2, 0.25) is 5.75 Å². The van der Waals surface area contributed by atoms with E-state index in [1.807, 2.05) is 55.5 Å². The molecule has 1 fully saturated rings. The Kier molecular flexibility index (Phi) is 7.05. The quantitative estimate of drug-likeness (QED) is 0.413. The number of hydrogen-bond acceptors (Lipinski definition) is 7. The molecule has 3 aromatic carbocycles. The fourth-order valence-electron chi connectivity index (χ4n) is 4.16. The van der Waals surface area contributed by atoms with Gasteiger partial charge in [-0.05, 0) is 36.2 Å². The molecule has 0 aromatic heterocycles. The predicted octanol–water partition coefficient (Wildman–Crippen LogP) is 4.99. The van der Waals surface area contributed by atoms with Crippen LogP contribution in [-0.4, -0.2) is 40.8 Å². The number of aldehydes is 1. The van der Waals surface area contributed by atoms with Crippen LogP contribution in [0.4, 0.5) is 0 Å². The van der Waals surface area contributed by atoms with Gasteiger partial charge in [0.15, 0.2) is 23.6 Å². The van der Waals surface area contributed by atoms with Gasteiger partial charge in [-0.15, -0.1) is 0 Å². The third-order valence-corrected chi connectivity index (χ3v) is 5.82. The van der Waals surface area contributed by atoms with Crippen LogP contribution in [0.5, 0.6) is 23.0 Å². The first-order valence-corrected chi connectivity index (χ1v) is 10.9. The maximum absolute atomic E-state index is 12.1. The molecule has 1 saturated heterocycles. The largest absolute Gasteiger partial charge is 0.493 e. The molecule has 3 aromatic rings. The maximum atomic E-state index is 12.1. The molecule has 4 rings (SSSR count). The second-order valence-corrected chi connectivity index (χ2v) is 7.85. The Morgan fingerprint density at radius 3 is 2.24 bits per heavy atom. The highest BCUT2D eigenvalue weighted by molar-refractivity contribution is 5.94. The fraction of sp³-hybridized carbons (Fsp3) is 0.296. The molecule has 0 radical (unpaired) electrons. The monoisotopic (exact) mass is 464 g/mol. The third kappa shape index (κ3) is 4.44. The van der Waals surface area contributed by atoms with Gasteiger partial charge in [-0.2, -0.15) is 0 Å². The molecule has 1 heterocycles. The van der Waals surface area contributed by atoms with E-state index in [-0.39, 0.29) is 0 Å². The molecule has 34 heavy (non-hydrogen) atoms. The maximum Gasteiger partial charge on any atom is 0.203 e. The summed E-state index contributed by atoms with van der Waals surface area (Å²) in [5.41, 5.74) is 3.41. The van der Waals surface area contributed by atoms with Gasteiger partial charge < -0.3 is 28.4 Å². The molecule has 0 bridgehead atoms. The van der Waals surface area contributed by atoms with E-state index in [2.05, 4.69) is 0 Å². The van der Waals surface area contributed by atoms with E-state index in [0.29, 0.717) is 65.1 Å². The SMILES string of the molecule is COc1cc(C=O)c(-c2ccc(OCc3ccccc3)cc2C2(C)OCCO2)c(OC)c1OC. The zero-order chi connectivity index (χ0) is 24.1. The molecule has 7 nitrogen and oxygen atoms in total. The van der Waals surface area contributed by atoms with Crippen LogP contribution < -0.4 is 18.9 Å². The Morgan fingerprint density at radius 2 is 1.62 bits per heavy atom. The van der Waals surface area contributed by atoms with Crippen molar-refractivity contribution in [1.29, 1.82) is 0 Å². The van der Waals surface area contributed by atoms with Crippen LogP contribution in [0.1, 0.15) is 28.4 Å². The Balaban J connectivity index is 1.87. The first kappa shape index (κ1) is 23.6. The molecule has 178 valence electrons. The van der Waals surface area contributed by atoms with Crippen molar-refractivity contribution >= 4 is 6.29 Å². The van der Waals surface area contributed by atoms with Crippen molar-refractivity contribution in [2.45, 2.75) is 19.3 Å². The minimum Gasteiger partial charge on any atom is -0.493 e. The van der Waals surface area contributed by atoms with Crippen LogP contribution in [-0.2, 0) is 21.9 Å². The lowest BCUT2D eigenvalue weighted by Gasteiger charge is -2.28. The lowest BCUT2D eigenvalue weighted by atomic mass is 9.90. The molecular formula is C27H28O7. The summed E-state index contributed by atoms with van der Waals surface area (Å²) in [7, 11) is 4.56. The first-order valence-electron chi connectivity index (χ1n) is 10.9. The van der Waals surface area contributed by atoms with Crippen LogP contribution >= 0.6 is 0 Å². The van der Waals surface area contributed by atoms with Crippen molar-refractivity contribution in [2.75, 3.05) is 34.5 Å². The van der Waals surface area contributed by atoms with E-state index in [1.54, 1.807) is 6.07 Å². The number of carbonyl (C=O) groups excluding carboxylic acids is 1. The molecule has 0 spiro atoms. The molecule has 1 aliphatic heterocycles. The Morgan fingerprint density at radius 1 is 0.912 bits per heavy atom. The van der Waals surface area contributed by atoms with Crippen molar-refractivity contribution < 1.29 is 33.2 Å². The minimum atomic E-state index is -1.03. The number of benzene rings is 3. The summed E-state index contributed by atoms with van der Waals surface area (Å²) < 4.78 is 34.8. The summed E-state index contributed by atoms with van der Waals surface area (Å²) in [6.45, 7) is 3.17. The van der Waals surface area contributed by atoms with Crippen molar-refractivity contribution in [1.82, 2.24) is 0 Å². The Bertz CT molecular complexity index is 1150. The van der Waals surface area contributed by atoms with Crippen LogP contribution in [0.2, 0.25) is 0 Å². The van der Waals surface area contributed by atoms with Crippen molar-refractivity contribution in [3.63, 3.8) is 0 Å². The van der Waals surface area contributed by atoms with Gasteiger partial charge in [-0.1, -0.05) is 36.4 Å². The van der Waals surface area contributed by atoms with Crippen LogP contribution in [0, 0.1) is 0 Å². The van der Waals surface area contributed by atoms with Gasteiger partial charge in [0.25, 0.3) is 0 Å². The van der Waals surface area contributed by atoms with Crippen LogP contribution in [0.15, 0.2) is 54.6 Å². The molecule has 0 atom stereocenters. The zero-order valence-corrected chi connectivity index (χ0v) is 19.8. The summed E-state index contributed by atoms with van der Waals surface area (Å²) in [6.07, 6.45) is 0.766. The second-order valence-electron chi connectivity index (χ2n) is 7.85. The van der Waals surface area contributed by atoms with Crippen LogP contribution in [0.25, 0.3) is 11.1 Å². The molecule has 0 N–H and O–H groups in total. The van der Waals surface area contributed by atoms with E-state index in [1.165, 1.54) is 21.3 Å². The average molecular weight is 465 g/mol. The number of ether oxygens (including phenoxy) is 6. The Labute approximate surface area is 199 Å². The van der Waals surface area contributed by atoms with E-state index < -0.39 is 5.79 Å². The third-order valence-electron chi connectivity index (χ3n) is 5.82. The van der Waals surface area contributed by atoms with Gasteiger partial charge in [0, 0.05) is 16.7 Å². The summed E-state index contributed by atoms with van der Waals surface area (Å²) in [4.78, 5) is 12.1. The van der Waals surface area contributed by atoms with E-state index >= 15 is 0 Å². The minimum absolute atomic E-state index is 0.379. The first-order chi connectivity index (χ1) is 16.5. The van der Waals surface area contributed by atoms with Gasteiger partial charge in [0.05, 0.1) is 34.5 Å². The average Bonchev–Trinajstić information content (AvgIpc) is 3.34. The zero-order valence-electron chi connectivity index (χ0n) is 19.8. The number of carbonyl (C=O) groups is 1. The molecule has 1 aliphatic rings. The van der Waals surface area contributed by atoms with Crippen LogP contribution in [0.3, 0.4) is 0 Å². The molecular weight excluding hydrogens is 436 g/mol. The van der Waals surface area contributed by atoms with E-state index in [9.17, 15) is 4.79 Å². The van der Waals surface area contributed by atoms with Crippen molar-refractivity contribution in [2.24, 2.45) is 0 Å². The molecule has 0 amide bonds. The smallest absolute Gasteiger partial charge is 0.203 e. The highest BCUT2D eigenvalue weighted by atomic mass is 16.7. The lowest BCUT2D eigenvalue weighted by molar-refractivity contribution is -0.149. The molecule has 0 saturated carbocycles. The van der Waals surface area contributed by atoms with Gasteiger partial charge in [0.1, 0.15) is 12.4 Å². The Hall–Kier alpha value is -3.55. The summed E-state index contributed by atoms with van der Waals surface area (Å²) >= 11 is 0. The molecule has 0 unspecified atom stereocenters. The van der Waals surface area contributed by atoms with Gasteiger partial charge in [-0.3, -0.25) is 4.79 Å². The van der Waals surface area contributed by atoms with Gasteiger partial charge in [-0.25, -0.2) is 0 Å². The second kappa shape index (κ2) is 10.2. The fourth-order valence-corrected chi connectivity index (χ4v) is 4.16. The molecule has 0 aliphatic carbocycles. The highest BCUT2D eigenvalue weighted by Crippen LogP contribution is 2.49. The molecule has 7 heteroatoms. The number of rotatable bonds is 9. The van der Waals surface area contributed by atoms with Crippen molar-refractivity contribution in [3.05, 3.63) is 71.3 Å². The standard InChI is InChI=1S/C27H28O7/c1-27(33-12-13-34-27)22-15-20(32-17-18-8-6-5-7-9-18)10-11-21(22)24-19(16-28)14-23(29-2)25(30-3)26(24)31-4/h5-11,14-16H,12-13,17H2,1-4H3. The highest BCUT2D eigenvalue weighted by Gasteiger charge is 2.37. The predicted molar refractivity (Wildman–Crippen MR) is 127 cm³/mol. The summed E-state index contributed by atoms with van der Waals surface area (Å²) in [6, 6.07) is 17.2. The van der Waals surface area contributed by atoms with Crippen molar-refractivity contribution in [3.8, 4) is 34.1 Å². The summed E-state index contributed by atoms with van der Waals surface area (Å²) in [5.74, 6) is 0.785.